The van der Waals surface area contributed by atoms with Crippen LogP contribution in [0.15, 0.2) is 18.2 Å². The topological polar surface area (TPSA) is 88.2 Å². The van der Waals surface area contributed by atoms with Crippen LogP contribution in [0.3, 0.4) is 0 Å². The standard InChI is InChI=1S/C11H11F2N3O3/c1-7(5-14)6-15-8-2-3-9(16(17)18)10(4-8)19-11(12)13/h2-4,7,11,15H,6H2,1H3. The molecule has 0 heterocycles. The second kappa shape index (κ2) is 6.49. The maximum Gasteiger partial charge on any atom is 0.387 e. The molecule has 1 rings (SSSR count). The highest BCUT2D eigenvalue weighted by Gasteiger charge is 2.19. The van der Waals surface area contributed by atoms with E-state index in [1.165, 1.54) is 6.07 Å². The number of halogens is 2. The van der Waals surface area contributed by atoms with Crippen molar-refractivity contribution in [1.82, 2.24) is 0 Å². The Hall–Kier alpha value is -2.43. The van der Waals surface area contributed by atoms with E-state index in [1.807, 2.05) is 6.07 Å². The molecular formula is C11H11F2N3O3. The maximum absolute atomic E-state index is 12.2. The second-order valence-corrected chi connectivity index (χ2v) is 3.73. The molecule has 0 aliphatic carbocycles. The average molecular weight is 271 g/mol. The molecule has 0 saturated carbocycles. The zero-order valence-electron chi connectivity index (χ0n) is 9.97. The van der Waals surface area contributed by atoms with Crippen LogP contribution in [-0.2, 0) is 0 Å². The number of ether oxygens (including phenoxy) is 1. The average Bonchev–Trinajstić information content (AvgIpc) is 2.35. The SMILES string of the molecule is CC(C#N)CNc1ccc([N+](=O)[O-])c(OC(F)F)c1. The minimum Gasteiger partial charge on any atom is -0.427 e. The van der Waals surface area contributed by atoms with Gasteiger partial charge in [0.25, 0.3) is 0 Å². The Balaban J connectivity index is 2.91. The normalized spacial score (nSPS) is 11.7. The van der Waals surface area contributed by atoms with Gasteiger partial charge >= 0.3 is 12.3 Å². The van der Waals surface area contributed by atoms with Crippen molar-refractivity contribution in [3.8, 4) is 11.8 Å². The summed E-state index contributed by atoms with van der Waals surface area (Å²) in [6.07, 6.45) is 0. The lowest BCUT2D eigenvalue weighted by molar-refractivity contribution is -0.386. The van der Waals surface area contributed by atoms with Crippen molar-refractivity contribution in [3.05, 3.63) is 28.3 Å². The molecular weight excluding hydrogens is 260 g/mol. The molecule has 102 valence electrons. The lowest BCUT2D eigenvalue weighted by atomic mass is 10.2. The van der Waals surface area contributed by atoms with Gasteiger partial charge in [-0.25, -0.2) is 0 Å². The Morgan fingerprint density at radius 3 is 2.79 bits per heavy atom. The Morgan fingerprint density at radius 1 is 1.58 bits per heavy atom. The fourth-order valence-corrected chi connectivity index (χ4v) is 1.28. The maximum atomic E-state index is 12.2. The minimum atomic E-state index is -3.15. The monoisotopic (exact) mass is 271 g/mol. The van der Waals surface area contributed by atoms with Crippen molar-refractivity contribution in [1.29, 1.82) is 5.26 Å². The molecule has 19 heavy (non-hydrogen) atoms. The predicted octanol–water partition coefficient (Wildman–Crippen LogP) is 2.77. The Labute approximate surface area is 107 Å². The van der Waals surface area contributed by atoms with E-state index in [4.69, 9.17) is 5.26 Å². The molecule has 1 aromatic carbocycles. The van der Waals surface area contributed by atoms with E-state index in [-0.39, 0.29) is 5.92 Å². The predicted molar refractivity (Wildman–Crippen MR) is 63.0 cm³/mol. The number of rotatable bonds is 6. The third-order valence-corrected chi connectivity index (χ3v) is 2.21. The van der Waals surface area contributed by atoms with Crippen molar-refractivity contribution in [2.24, 2.45) is 5.92 Å². The van der Waals surface area contributed by atoms with E-state index < -0.39 is 23.0 Å². The molecule has 0 aliphatic rings. The number of hydrogen-bond donors (Lipinski definition) is 1. The molecule has 6 nitrogen and oxygen atoms in total. The van der Waals surface area contributed by atoms with E-state index in [0.717, 1.165) is 12.1 Å². The van der Waals surface area contributed by atoms with Crippen molar-refractivity contribution < 1.29 is 18.4 Å². The third-order valence-electron chi connectivity index (χ3n) is 2.21. The number of nitro groups is 1. The molecule has 0 aromatic heterocycles. The van der Waals surface area contributed by atoms with Gasteiger partial charge in [-0.15, -0.1) is 0 Å². The molecule has 1 aromatic rings. The quantitative estimate of drug-likeness (QED) is 0.634. The summed E-state index contributed by atoms with van der Waals surface area (Å²) in [7, 11) is 0. The van der Waals surface area contributed by atoms with Crippen LogP contribution in [0.5, 0.6) is 5.75 Å². The zero-order valence-corrected chi connectivity index (χ0v) is 9.97. The summed E-state index contributed by atoms with van der Waals surface area (Å²) in [5.41, 5.74) is -0.178. The lowest BCUT2D eigenvalue weighted by Gasteiger charge is -2.10. The van der Waals surface area contributed by atoms with Crippen molar-refractivity contribution in [2.45, 2.75) is 13.5 Å². The molecule has 0 aliphatic heterocycles. The third kappa shape index (κ3) is 4.39. The number of benzene rings is 1. The second-order valence-electron chi connectivity index (χ2n) is 3.73. The highest BCUT2D eigenvalue weighted by Crippen LogP contribution is 2.31. The van der Waals surface area contributed by atoms with Crippen molar-refractivity contribution in [2.75, 3.05) is 11.9 Å². The summed E-state index contributed by atoms with van der Waals surface area (Å²) in [5, 5.41) is 22.0. The first-order valence-corrected chi connectivity index (χ1v) is 5.30. The first-order chi connectivity index (χ1) is 8.93. The highest BCUT2D eigenvalue weighted by atomic mass is 19.3. The first-order valence-electron chi connectivity index (χ1n) is 5.30. The Morgan fingerprint density at radius 2 is 2.26 bits per heavy atom. The largest absolute Gasteiger partial charge is 0.427 e. The summed E-state index contributed by atoms with van der Waals surface area (Å²) in [4.78, 5) is 9.84. The lowest BCUT2D eigenvalue weighted by Crippen LogP contribution is -2.10. The van der Waals surface area contributed by atoms with Crippen LogP contribution in [0.25, 0.3) is 0 Å². The summed E-state index contributed by atoms with van der Waals surface area (Å²) in [6, 6.07) is 5.52. The number of nitrogens with zero attached hydrogens (tertiary/aromatic N) is 2. The number of nitro benzene ring substituents is 1. The molecule has 1 unspecified atom stereocenters. The van der Waals surface area contributed by atoms with E-state index >= 15 is 0 Å². The van der Waals surface area contributed by atoms with Crippen molar-refractivity contribution >= 4 is 11.4 Å². The van der Waals surface area contributed by atoms with Gasteiger partial charge in [0, 0.05) is 24.4 Å². The van der Waals surface area contributed by atoms with Gasteiger partial charge in [0.15, 0.2) is 0 Å². The number of anilines is 1. The van der Waals surface area contributed by atoms with Crippen molar-refractivity contribution in [3.63, 3.8) is 0 Å². The molecule has 1 N–H and O–H groups in total. The molecule has 0 fully saturated rings. The Kier molecular flexibility index (Phi) is 5.00. The summed E-state index contributed by atoms with van der Waals surface area (Å²) in [6.45, 7) is -1.18. The van der Waals surface area contributed by atoms with Gasteiger partial charge in [0.1, 0.15) is 0 Å². The number of nitrogens with one attached hydrogen (secondary N) is 1. The molecule has 0 amide bonds. The van der Waals surface area contributed by atoms with E-state index in [9.17, 15) is 18.9 Å². The van der Waals surface area contributed by atoms with E-state index in [1.54, 1.807) is 6.92 Å². The van der Waals surface area contributed by atoms with Gasteiger partial charge in [0.2, 0.25) is 5.75 Å². The number of nitriles is 1. The van der Waals surface area contributed by atoms with Crippen LogP contribution in [0, 0.1) is 27.4 Å². The number of alkyl halides is 2. The van der Waals surface area contributed by atoms with Crippen LogP contribution < -0.4 is 10.1 Å². The number of hydrogen-bond acceptors (Lipinski definition) is 5. The van der Waals surface area contributed by atoms with Gasteiger partial charge in [0.05, 0.1) is 16.9 Å². The van der Waals surface area contributed by atoms with Crippen LogP contribution >= 0.6 is 0 Å². The Bertz CT molecular complexity index is 502. The summed E-state index contributed by atoms with van der Waals surface area (Å²) in [5.74, 6) is -0.802. The summed E-state index contributed by atoms with van der Waals surface area (Å²) < 4.78 is 28.4. The van der Waals surface area contributed by atoms with Gasteiger partial charge < -0.3 is 10.1 Å². The fourth-order valence-electron chi connectivity index (χ4n) is 1.28. The molecule has 8 heteroatoms. The molecule has 0 radical (unpaired) electrons. The van der Waals surface area contributed by atoms with Crippen LogP contribution in [0.4, 0.5) is 20.2 Å². The smallest absolute Gasteiger partial charge is 0.387 e. The molecule has 1 atom stereocenters. The van der Waals surface area contributed by atoms with Gasteiger partial charge in [-0.2, -0.15) is 14.0 Å². The molecule has 0 bridgehead atoms. The molecule has 0 saturated heterocycles. The van der Waals surface area contributed by atoms with Gasteiger partial charge in [-0.3, -0.25) is 10.1 Å². The van der Waals surface area contributed by atoms with Crippen LogP contribution in [0.1, 0.15) is 6.92 Å². The summed E-state index contributed by atoms with van der Waals surface area (Å²) >= 11 is 0. The van der Waals surface area contributed by atoms with E-state index in [0.29, 0.717) is 12.2 Å². The van der Waals surface area contributed by atoms with Crippen LogP contribution in [0.2, 0.25) is 0 Å². The zero-order chi connectivity index (χ0) is 14.4. The molecule has 0 spiro atoms. The van der Waals surface area contributed by atoms with E-state index in [2.05, 4.69) is 10.1 Å². The van der Waals surface area contributed by atoms with Gasteiger partial charge in [-0.1, -0.05) is 0 Å². The highest BCUT2D eigenvalue weighted by molar-refractivity contribution is 5.58. The van der Waals surface area contributed by atoms with Gasteiger partial charge in [-0.05, 0) is 13.0 Å². The van der Waals surface area contributed by atoms with Crippen LogP contribution in [-0.4, -0.2) is 18.1 Å². The minimum absolute atomic E-state index is 0.283. The first kappa shape index (κ1) is 14.6. The fraction of sp³-hybridized carbons (Fsp3) is 0.364.